The van der Waals surface area contributed by atoms with Crippen molar-refractivity contribution < 1.29 is 9.32 Å². The van der Waals surface area contributed by atoms with Gasteiger partial charge in [0.2, 0.25) is 0 Å². The van der Waals surface area contributed by atoms with E-state index < -0.39 is 0 Å². The summed E-state index contributed by atoms with van der Waals surface area (Å²) in [6, 6.07) is 11.0. The van der Waals surface area contributed by atoms with E-state index >= 15 is 0 Å². The lowest BCUT2D eigenvalue weighted by Gasteiger charge is -2.17. The van der Waals surface area contributed by atoms with Gasteiger partial charge in [-0.05, 0) is 41.4 Å². The first-order valence-corrected chi connectivity index (χ1v) is 9.98. The van der Waals surface area contributed by atoms with E-state index in [0.29, 0.717) is 34.1 Å². The number of thiophene rings is 1. The smallest absolute Gasteiger partial charge is 0.257 e. The number of hydrogen-bond acceptors (Lipinski definition) is 5. The number of halogens is 1. The Balaban J connectivity index is 1.59. The van der Waals surface area contributed by atoms with Crippen molar-refractivity contribution in [3.8, 4) is 11.3 Å². The summed E-state index contributed by atoms with van der Waals surface area (Å²) in [5, 5.41) is 16.0. The third-order valence-corrected chi connectivity index (χ3v) is 5.48. The Kier molecular flexibility index (Phi) is 5.27. The van der Waals surface area contributed by atoms with Gasteiger partial charge in [0.15, 0.2) is 0 Å². The maximum atomic E-state index is 13.0. The molecule has 1 atom stereocenters. The molecule has 1 aromatic carbocycles. The summed E-state index contributed by atoms with van der Waals surface area (Å²) in [4.78, 5) is 13.0. The van der Waals surface area contributed by atoms with Gasteiger partial charge >= 0.3 is 0 Å². The molecule has 1 amide bonds. The predicted molar refractivity (Wildman–Crippen MR) is 109 cm³/mol. The maximum absolute atomic E-state index is 13.0. The minimum atomic E-state index is -0.263. The third-order valence-electron chi connectivity index (χ3n) is 4.45. The monoisotopic (exact) mass is 412 g/mol. The van der Waals surface area contributed by atoms with E-state index in [2.05, 4.69) is 21.0 Å². The number of aryl methyl sites for hydroxylation is 1. The summed E-state index contributed by atoms with van der Waals surface area (Å²) >= 11 is 7.89. The Morgan fingerprint density at radius 2 is 2.18 bits per heavy atom. The largest absolute Gasteiger partial charge is 0.360 e. The molecule has 4 rings (SSSR count). The van der Waals surface area contributed by atoms with Gasteiger partial charge in [0.25, 0.3) is 5.91 Å². The number of rotatable bonds is 6. The van der Waals surface area contributed by atoms with E-state index in [9.17, 15) is 4.79 Å². The van der Waals surface area contributed by atoms with Crippen LogP contribution in [0.2, 0.25) is 5.02 Å². The highest BCUT2D eigenvalue weighted by atomic mass is 35.5. The fourth-order valence-corrected chi connectivity index (χ4v) is 3.98. The van der Waals surface area contributed by atoms with Crippen molar-refractivity contribution in [2.75, 3.05) is 6.54 Å². The third kappa shape index (κ3) is 3.58. The molecule has 1 N–H and O–H groups in total. The van der Waals surface area contributed by atoms with Crippen molar-refractivity contribution >= 4 is 28.8 Å². The lowest BCUT2D eigenvalue weighted by atomic mass is 10.1. The first-order chi connectivity index (χ1) is 13.6. The summed E-state index contributed by atoms with van der Waals surface area (Å²) < 4.78 is 7.12. The number of carbonyl (C=O) groups is 1. The van der Waals surface area contributed by atoms with Gasteiger partial charge in [-0.25, -0.2) is 0 Å². The topological polar surface area (TPSA) is 73.0 Å². The first kappa shape index (κ1) is 18.5. The van der Waals surface area contributed by atoms with E-state index in [1.807, 2.05) is 46.6 Å². The molecule has 0 aliphatic heterocycles. The SMILES string of the molecule is Cc1onc(-c2ccccc2Cl)c1C(=O)NCC(c1ccsc1)n1cccn1. The van der Waals surface area contributed by atoms with Gasteiger partial charge < -0.3 is 9.84 Å². The minimum absolute atomic E-state index is 0.103. The number of hydrogen-bond donors (Lipinski definition) is 1. The zero-order valence-electron chi connectivity index (χ0n) is 15.0. The molecule has 0 aliphatic carbocycles. The Morgan fingerprint density at radius 3 is 2.89 bits per heavy atom. The average molecular weight is 413 g/mol. The highest BCUT2D eigenvalue weighted by Crippen LogP contribution is 2.31. The molecule has 142 valence electrons. The molecular formula is C20H17ClN4O2S. The molecule has 4 aromatic rings. The van der Waals surface area contributed by atoms with Crippen molar-refractivity contribution in [2.24, 2.45) is 0 Å². The molecule has 0 fully saturated rings. The van der Waals surface area contributed by atoms with Crippen LogP contribution in [-0.2, 0) is 0 Å². The minimum Gasteiger partial charge on any atom is -0.360 e. The molecule has 28 heavy (non-hydrogen) atoms. The second-order valence-corrected chi connectivity index (χ2v) is 7.40. The lowest BCUT2D eigenvalue weighted by molar-refractivity contribution is 0.0948. The highest BCUT2D eigenvalue weighted by Gasteiger charge is 2.24. The Hall–Kier alpha value is -2.90. The molecule has 0 spiro atoms. The fraction of sp³-hybridized carbons (Fsp3) is 0.150. The van der Waals surface area contributed by atoms with Gasteiger partial charge in [-0.2, -0.15) is 16.4 Å². The van der Waals surface area contributed by atoms with Crippen LogP contribution in [0.1, 0.15) is 27.7 Å². The van der Waals surface area contributed by atoms with Gasteiger partial charge in [0.05, 0.1) is 11.1 Å². The standard InChI is InChI=1S/C20H17ClN4O2S/c1-13-18(19(24-27-13)15-5-2-3-6-16(15)21)20(26)22-11-17(14-7-10-28-12-14)25-9-4-8-23-25/h2-10,12,17H,11H2,1H3,(H,22,26). The van der Waals surface area contributed by atoms with Crippen LogP contribution in [0.15, 0.2) is 64.1 Å². The van der Waals surface area contributed by atoms with Crippen molar-refractivity contribution in [3.63, 3.8) is 0 Å². The second kappa shape index (κ2) is 8.00. The summed E-state index contributed by atoms with van der Waals surface area (Å²) in [5.74, 6) is 0.180. The van der Waals surface area contributed by atoms with Crippen molar-refractivity contribution in [1.82, 2.24) is 20.3 Å². The Labute approximate surface area is 170 Å². The molecule has 6 nitrogen and oxygen atoms in total. The fourth-order valence-electron chi connectivity index (χ4n) is 3.05. The van der Waals surface area contributed by atoms with Crippen LogP contribution in [0.3, 0.4) is 0 Å². The molecule has 0 saturated carbocycles. The van der Waals surface area contributed by atoms with Crippen molar-refractivity contribution in [1.29, 1.82) is 0 Å². The quantitative estimate of drug-likeness (QED) is 0.503. The average Bonchev–Trinajstić information content (AvgIpc) is 3.44. The van der Waals surface area contributed by atoms with Crippen LogP contribution in [0.25, 0.3) is 11.3 Å². The molecular weight excluding hydrogens is 396 g/mol. The summed E-state index contributed by atoms with van der Waals surface area (Å²) in [6.45, 7) is 2.09. The maximum Gasteiger partial charge on any atom is 0.257 e. The van der Waals surface area contributed by atoms with E-state index in [1.54, 1.807) is 30.5 Å². The van der Waals surface area contributed by atoms with E-state index in [4.69, 9.17) is 16.1 Å². The number of nitrogens with zero attached hydrogens (tertiary/aromatic N) is 3. The van der Waals surface area contributed by atoms with Gasteiger partial charge in [-0.15, -0.1) is 0 Å². The highest BCUT2D eigenvalue weighted by molar-refractivity contribution is 7.08. The van der Waals surface area contributed by atoms with E-state index in [-0.39, 0.29) is 11.9 Å². The first-order valence-electron chi connectivity index (χ1n) is 8.65. The number of aromatic nitrogens is 3. The van der Waals surface area contributed by atoms with Crippen LogP contribution >= 0.6 is 22.9 Å². The van der Waals surface area contributed by atoms with E-state index in [1.165, 1.54) is 0 Å². The van der Waals surface area contributed by atoms with Gasteiger partial charge in [-0.3, -0.25) is 9.48 Å². The van der Waals surface area contributed by atoms with Crippen LogP contribution in [0.4, 0.5) is 0 Å². The predicted octanol–water partition coefficient (Wildman–Crippen LogP) is 4.58. The zero-order valence-corrected chi connectivity index (χ0v) is 16.6. The molecule has 3 aromatic heterocycles. The number of benzene rings is 1. The van der Waals surface area contributed by atoms with Gasteiger partial charge in [0, 0.05) is 24.5 Å². The molecule has 0 saturated heterocycles. The normalized spacial score (nSPS) is 12.1. The Bertz CT molecular complexity index is 1040. The number of amides is 1. The van der Waals surface area contributed by atoms with Crippen LogP contribution in [0, 0.1) is 6.92 Å². The molecule has 1 unspecified atom stereocenters. The molecule has 0 aliphatic rings. The Morgan fingerprint density at radius 1 is 1.32 bits per heavy atom. The van der Waals surface area contributed by atoms with Crippen molar-refractivity contribution in [2.45, 2.75) is 13.0 Å². The van der Waals surface area contributed by atoms with E-state index in [0.717, 1.165) is 5.56 Å². The van der Waals surface area contributed by atoms with Gasteiger partial charge in [0.1, 0.15) is 17.0 Å². The van der Waals surface area contributed by atoms with Gasteiger partial charge in [-0.1, -0.05) is 35.0 Å². The summed E-state index contributed by atoms with van der Waals surface area (Å²) in [6.07, 6.45) is 3.61. The van der Waals surface area contributed by atoms with Crippen molar-refractivity contribution in [3.05, 3.63) is 81.5 Å². The van der Waals surface area contributed by atoms with Crippen LogP contribution in [0.5, 0.6) is 0 Å². The number of carbonyl (C=O) groups excluding carboxylic acids is 1. The van der Waals surface area contributed by atoms with Crippen LogP contribution in [-0.4, -0.2) is 27.4 Å². The lowest BCUT2D eigenvalue weighted by Crippen LogP contribution is -2.31. The van der Waals surface area contributed by atoms with Crippen LogP contribution < -0.4 is 5.32 Å². The summed E-state index contributed by atoms with van der Waals surface area (Å²) in [5.41, 5.74) is 2.57. The summed E-state index contributed by atoms with van der Waals surface area (Å²) in [7, 11) is 0. The number of nitrogens with one attached hydrogen (secondary N) is 1. The molecule has 3 heterocycles. The molecule has 0 bridgehead atoms. The molecule has 0 radical (unpaired) electrons. The molecule has 8 heteroatoms. The zero-order chi connectivity index (χ0) is 19.5. The second-order valence-electron chi connectivity index (χ2n) is 6.21.